The first-order valence-corrected chi connectivity index (χ1v) is 9.16. The lowest BCUT2D eigenvalue weighted by molar-refractivity contribution is 0.00578. The smallest absolute Gasteiger partial charge is 0.471 e. The molecule has 0 unspecified atom stereocenters. The van der Waals surface area contributed by atoms with E-state index in [0.717, 1.165) is 24.2 Å². The van der Waals surface area contributed by atoms with Crippen molar-refractivity contribution in [3.63, 3.8) is 0 Å². The highest BCUT2D eigenvalue weighted by molar-refractivity contribution is 6.62. The largest absolute Gasteiger partial charge is 0.495 e. The van der Waals surface area contributed by atoms with E-state index in [9.17, 15) is 0 Å². The van der Waals surface area contributed by atoms with Gasteiger partial charge in [-0.15, -0.1) is 0 Å². The van der Waals surface area contributed by atoms with Crippen molar-refractivity contribution in [1.29, 1.82) is 0 Å². The second-order valence-electron chi connectivity index (χ2n) is 7.92. The number of hydrogen-bond donors (Lipinski definition) is 0. The maximum atomic E-state index is 6.09. The fourth-order valence-corrected chi connectivity index (χ4v) is 3.09. The van der Waals surface area contributed by atoms with Gasteiger partial charge in [0.05, 0.1) is 11.2 Å². The molecule has 3 rings (SSSR count). The first kappa shape index (κ1) is 18.3. The van der Waals surface area contributed by atoms with Gasteiger partial charge in [0.2, 0.25) is 5.88 Å². The van der Waals surface area contributed by atoms with Gasteiger partial charge >= 0.3 is 7.12 Å². The molecule has 136 valence electrons. The monoisotopic (exact) mass is 344 g/mol. The van der Waals surface area contributed by atoms with Crippen LogP contribution in [0.2, 0.25) is 0 Å². The second-order valence-corrected chi connectivity index (χ2v) is 7.92. The van der Waals surface area contributed by atoms with Gasteiger partial charge in [0.25, 0.3) is 0 Å². The third-order valence-corrected chi connectivity index (χ3v) is 5.47. The molecule has 0 atom stereocenters. The van der Waals surface area contributed by atoms with Crippen molar-refractivity contribution < 1.29 is 14.0 Å². The van der Waals surface area contributed by atoms with Crippen LogP contribution in [0.5, 0.6) is 5.88 Å². The van der Waals surface area contributed by atoms with Crippen molar-refractivity contribution in [2.24, 2.45) is 0 Å². The third kappa shape index (κ3) is 4.01. The van der Waals surface area contributed by atoms with E-state index in [2.05, 4.69) is 16.5 Å². The lowest BCUT2D eigenvalue weighted by atomic mass is 9.80. The van der Waals surface area contributed by atoms with Crippen molar-refractivity contribution >= 4 is 12.6 Å². The number of nitrogens with zero attached hydrogens (tertiary/aromatic N) is 2. The Morgan fingerprint density at radius 1 is 1.20 bits per heavy atom. The average molecular weight is 344 g/mol. The fourth-order valence-electron chi connectivity index (χ4n) is 3.09. The minimum atomic E-state index is -0.402. The van der Waals surface area contributed by atoms with E-state index < -0.39 is 7.12 Å². The second kappa shape index (κ2) is 7.00. The van der Waals surface area contributed by atoms with Gasteiger partial charge < -0.3 is 18.9 Å². The molecule has 3 heterocycles. The zero-order valence-corrected chi connectivity index (χ0v) is 15.9. The molecule has 0 aromatic carbocycles. The van der Waals surface area contributed by atoms with E-state index in [1.165, 1.54) is 19.3 Å². The van der Waals surface area contributed by atoms with Crippen molar-refractivity contribution in [1.82, 2.24) is 9.88 Å². The number of piperidine rings is 1. The molecule has 2 saturated heterocycles. The van der Waals surface area contributed by atoms with E-state index in [4.69, 9.17) is 14.0 Å². The van der Waals surface area contributed by atoms with Gasteiger partial charge in [0, 0.05) is 31.0 Å². The van der Waals surface area contributed by atoms with Crippen LogP contribution >= 0.6 is 0 Å². The maximum Gasteiger partial charge on any atom is 0.495 e. The van der Waals surface area contributed by atoms with Crippen LogP contribution in [0.1, 0.15) is 47.0 Å². The van der Waals surface area contributed by atoms with Crippen molar-refractivity contribution in [3.8, 4) is 5.88 Å². The molecular weight excluding hydrogens is 315 g/mol. The predicted octanol–water partition coefficient (Wildman–Crippen LogP) is 2.76. The average Bonchev–Trinajstić information content (AvgIpc) is 2.81. The van der Waals surface area contributed by atoms with Crippen LogP contribution in [0.3, 0.4) is 0 Å². The lowest BCUT2D eigenvalue weighted by Gasteiger charge is -2.32. The highest BCUT2D eigenvalue weighted by Gasteiger charge is 2.51. The summed E-state index contributed by atoms with van der Waals surface area (Å²) in [5.74, 6) is 0.574. The SMILES string of the molecule is C=C(COc1cc(B2OC(C)(C)C(C)(C)O2)ccn1)N1CCCCC1. The van der Waals surface area contributed by atoms with Crippen LogP contribution in [0.25, 0.3) is 0 Å². The minimum Gasteiger partial charge on any atom is -0.471 e. The first-order chi connectivity index (χ1) is 11.8. The normalized spacial score (nSPS) is 22.1. The Kier molecular flexibility index (Phi) is 5.12. The van der Waals surface area contributed by atoms with E-state index in [-0.39, 0.29) is 11.2 Å². The minimum absolute atomic E-state index is 0.357. The fraction of sp³-hybridized carbons (Fsp3) is 0.632. The van der Waals surface area contributed by atoms with Gasteiger partial charge in [-0.2, -0.15) is 0 Å². The molecule has 5 nitrogen and oxygen atoms in total. The Labute approximate surface area is 151 Å². The molecule has 0 bridgehead atoms. The Morgan fingerprint density at radius 3 is 2.48 bits per heavy atom. The summed E-state index contributed by atoms with van der Waals surface area (Å²) in [5.41, 5.74) is 1.23. The number of ether oxygens (including phenoxy) is 1. The number of pyridine rings is 1. The molecule has 1 aromatic heterocycles. The third-order valence-electron chi connectivity index (χ3n) is 5.47. The molecular formula is C19H29BN2O3. The summed E-state index contributed by atoms with van der Waals surface area (Å²) < 4.78 is 18.1. The van der Waals surface area contributed by atoms with Crippen LogP contribution < -0.4 is 10.2 Å². The summed E-state index contributed by atoms with van der Waals surface area (Å²) in [6, 6.07) is 3.81. The summed E-state index contributed by atoms with van der Waals surface area (Å²) in [5, 5.41) is 0. The molecule has 2 fully saturated rings. The Hall–Kier alpha value is -1.53. The Bertz CT molecular complexity index is 611. The molecule has 0 radical (unpaired) electrons. The highest BCUT2D eigenvalue weighted by atomic mass is 16.7. The van der Waals surface area contributed by atoms with Gasteiger partial charge in [-0.05, 0) is 58.5 Å². The van der Waals surface area contributed by atoms with Gasteiger partial charge in [0.15, 0.2) is 0 Å². The Balaban J connectivity index is 1.61. The molecule has 2 aliphatic rings. The number of rotatable bonds is 5. The molecule has 6 heteroatoms. The molecule has 25 heavy (non-hydrogen) atoms. The standard InChI is InChI=1S/C19H29BN2O3/c1-15(22-11-7-6-8-12-22)14-23-17-13-16(9-10-21-17)20-24-18(2,3)19(4,5)25-20/h9-10,13H,1,6-8,11-12,14H2,2-5H3. The van der Waals surface area contributed by atoms with Gasteiger partial charge in [0.1, 0.15) is 6.61 Å². The van der Waals surface area contributed by atoms with E-state index >= 15 is 0 Å². The molecule has 0 amide bonds. The highest BCUT2D eigenvalue weighted by Crippen LogP contribution is 2.36. The molecule has 2 aliphatic heterocycles. The van der Waals surface area contributed by atoms with Crippen LogP contribution in [0.4, 0.5) is 0 Å². The van der Waals surface area contributed by atoms with E-state index in [1.54, 1.807) is 6.20 Å². The topological polar surface area (TPSA) is 43.8 Å². The zero-order chi connectivity index (χ0) is 18.1. The van der Waals surface area contributed by atoms with Gasteiger partial charge in [-0.3, -0.25) is 0 Å². The summed E-state index contributed by atoms with van der Waals surface area (Å²) in [6.07, 6.45) is 5.51. The van der Waals surface area contributed by atoms with Crippen LogP contribution in [-0.4, -0.2) is 47.9 Å². The van der Waals surface area contributed by atoms with Crippen molar-refractivity contribution in [2.75, 3.05) is 19.7 Å². The van der Waals surface area contributed by atoms with E-state index in [0.29, 0.717) is 12.5 Å². The maximum absolute atomic E-state index is 6.09. The number of hydrogen-bond acceptors (Lipinski definition) is 5. The number of likely N-dealkylation sites (tertiary alicyclic amines) is 1. The summed E-state index contributed by atoms with van der Waals surface area (Å²) in [6.45, 7) is 15.0. The molecule has 0 saturated carbocycles. The predicted molar refractivity (Wildman–Crippen MR) is 100 cm³/mol. The molecule has 0 aliphatic carbocycles. The Morgan fingerprint density at radius 2 is 1.84 bits per heavy atom. The summed E-state index contributed by atoms with van der Waals surface area (Å²) >= 11 is 0. The van der Waals surface area contributed by atoms with Crippen molar-refractivity contribution in [3.05, 3.63) is 30.6 Å². The molecule has 1 aromatic rings. The quantitative estimate of drug-likeness (QED) is 0.769. The molecule has 0 spiro atoms. The molecule has 0 N–H and O–H groups in total. The van der Waals surface area contributed by atoms with E-state index in [1.807, 2.05) is 39.8 Å². The first-order valence-electron chi connectivity index (χ1n) is 9.16. The summed E-state index contributed by atoms with van der Waals surface area (Å²) in [7, 11) is -0.402. The van der Waals surface area contributed by atoms with Crippen LogP contribution in [0, 0.1) is 0 Å². The van der Waals surface area contributed by atoms with Gasteiger partial charge in [-0.25, -0.2) is 4.98 Å². The van der Waals surface area contributed by atoms with Gasteiger partial charge in [-0.1, -0.05) is 6.58 Å². The van der Waals surface area contributed by atoms with Crippen LogP contribution in [0.15, 0.2) is 30.6 Å². The zero-order valence-electron chi connectivity index (χ0n) is 15.9. The number of aromatic nitrogens is 1. The lowest BCUT2D eigenvalue weighted by Crippen LogP contribution is -2.41. The summed E-state index contributed by atoms with van der Waals surface area (Å²) in [4.78, 5) is 6.61. The van der Waals surface area contributed by atoms with Crippen LogP contribution in [-0.2, 0) is 9.31 Å². The van der Waals surface area contributed by atoms with Crippen molar-refractivity contribution in [2.45, 2.75) is 58.2 Å².